The fourth-order valence-corrected chi connectivity index (χ4v) is 7.50. The van der Waals surface area contributed by atoms with E-state index in [4.69, 9.17) is 4.74 Å². The molecule has 2 heterocycles. The summed E-state index contributed by atoms with van der Waals surface area (Å²) in [6.45, 7) is 4.47. The van der Waals surface area contributed by atoms with Gasteiger partial charge in [0, 0.05) is 18.0 Å². The number of carbonyl (C=O) groups excluding carboxylic acids is 2. The Hall–Kier alpha value is -2.23. The van der Waals surface area contributed by atoms with E-state index in [1.165, 1.54) is 15.6 Å². The molecule has 7 nitrogen and oxygen atoms in total. The van der Waals surface area contributed by atoms with Gasteiger partial charge >= 0.3 is 5.97 Å². The van der Waals surface area contributed by atoms with E-state index in [9.17, 15) is 18.0 Å². The molecule has 1 N–H and O–H groups in total. The van der Waals surface area contributed by atoms with Gasteiger partial charge in [-0.15, -0.1) is 11.3 Å². The maximum absolute atomic E-state index is 13.3. The van der Waals surface area contributed by atoms with Crippen LogP contribution in [0.15, 0.2) is 29.2 Å². The molecule has 0 saturated carbocycles. The quantitative estimate of drug-likeness (QED) is 0.461. The zero-order chi connectivity index (χ0) is 24.3. The summed E-state index contributed by atoms with van der Waals surface area (Å²) in [5.41, 5.74) is 2.47. The van der Waals surface area contributed by atoms with Crippen LogP contribution >= 0.6 is 11.3 Å². The number of amides is 1. The molecule has 1 unspecified atom stereocenters. The lowest BCUT2D eigenvalue weighted by Gasteiger charge is -2.31. The molecule has 1 aromatic carbocycles. The summed E-state index contributed by atoms with van der Waals surface area (Å²) < 4.78 is 33.0. The van der Waals surface area contributed by atoms with E-state index < -0.39 is 21.9 Å². The van der Waals surface area contributed by atoms with Gasteiger partial charge in [0.25, 0.3) is 0 Å². The van der Waals surface area contributed by atoms with E-state index in [0.717, 1.165) is 48.1 Å². The number of hydrogen-bond donors (Lipinski definition) is 1. The van der Waals surface area contributed by atoms with Gasteiger partial charge < -0.3 is 10.1 Å². The molecule has 34 heavy (non-hydrogen) atoms. The van der Waals surface area contributed by atoms with Crippen LogP contribution in [-0.2, 0) is 32.4 Å². The molecule has 0 radical (unpaired) electrons. The van der Waals surface area contributed by atoms with Gasteiger partial charge in [0.05, 0.1) is 23.0 Å². The van der Waals surface area contributed by atoms with Gasteiger partial charge in [-0.1, -0.05) is 24.1 Å². The number of benzene rings is 1. The summed E-state index contributed by atoms with van der Waals surface area (Å²) in [6.07, 6.45) is 6.12. The monoisotopic (exact) mass is 504 g/mol. The first-order chi connectivity index (χ1) is 16.3. The van der Waals surface area contributed by atoms with E-state index in [-0.39, 0.29) is 24.0 Å². The highest BCUT2D eigenvalue weighted by Gasteiger charge is 2.34. The van der Waals surface area contributed by atoms with Crippen LogP contribution in [0.5, 0.6) is 0 Å². The van der Waals surface area contributed by atoms with Crippen LogP contribution in [0, 0.1) is 12.8 Å². The number of ether oxygens (including phenoxy) is 1. The minimum Gasteiger partial charge on any atom is -0.462 e. The zero-order valence-electron chi connectivity index (χ0n) is 19.8. The van der Waals surface area contributed by atoms with Crippen molar-refractivity contribution in [1.82, 2.24) is 4.31 Å². The molecule has 1 aromatic heterocycles. The minimum atomic E-state index is -3.67. The summed E-state index contributed by atoms with van der Waals surface area (Å²) in [5.74, 6) is -1.12. The summed E-state index contributed by atoms with van der Waals surface area (Å²) in [7, 11) is -3.67. The van der Waals surface area contributed by atoms with Crippen LogP contribution in [0.2, 0.25) is 0 Å². The zero-order valence-corrected chi connectivity index (χ0v) is 21.4. The number of fused-ring (bicyclic) bond motifs is 1. The number of hydrogen-bond acceptors (Lipinski definition) is 6. The van der Waals surface area contributed by atoms with Gasteiger partial charge in [-0.05, 0) is 70.1 Å². The van der Waals surface area contributed by atoms with Crippen molar-refractivity contribution in [1.29, 1.82) is 0 Å². The van der Waals surface area contributed by atoms with Crippen LogP contribution in [0.25, 0.3) is 0 Å². The number of carbonyl (C=O) groups is 2. The number of nitrogens with one attached hydrogen (secondary N) is 1. The van der Waals surface area contributed by atoms with Crippen molar-refractivity contribution in [2.24, 2.45) is 5.92 Å². The highest BCUT2D eigenvalue weighted by Crippen LogP contribution is 2.38. The summed E-state index contributed by atoms with van der Waals surface area (Å²) in [5, 5.41) is 3.51. The first-order valence-corrected chi connectivity index (χ1v) is 14.3. The minimum absolute atomic E-state index is 0.127. The Morgan fingerprint density at radius 3 is 2.59 bits per heavy atom. The van der Waals surface area contributed by atoms with Crippen LogP contribution in [0.1, 0.15) is 65.4 Å². The van der Waals surface area contributed by atoms with Crippen molar-refractivity contribution in [3.05, 3.63) is 45.8 Å². The number of piperidine rings is 1. The maximum Gasteiger partial charge on any atom is 0.341 e. The second kappa shape index (κ2) is 10.6. The third-order valence-corrected chi connectivity index (χ3v) is 9.64. The lowest BCUT2D eigenvalue weighted by atomic mass is 9.98. The molecule has 1 saturated heterocycles. The molecule has 0 bridgehead atoms. The van der Waals surface area contributed by atoms with E-state index >= 15 is 0 Å². The molecule has 184 valence electrons. The van der Waals surface area contributed by atoms with Crippen molar-refractivity contribution < 1.29 is 22.7 Å². The number of sulfonamides is 1. The van der Waals surface area contributed by atoms with E-state index in [1.807, 2.05) is 6.92 Å². The standard InChI is InChI=1S/C25H32N2O5S2/c1-3-32-25(29)22-20-9-5-4-6-10-21(20)33-24(22)26-23(28)18-8-7-15-27(16-18)34(30,31)19-13-11-17(2)12-14-19/h11-14,18H,3-10,15-16H2,1-2H3,(H,26,28). The van der Waals surface area contributed by atoms with E-state index in [1.54, 1.807) is 31.2 Å². The fraction of sp³-hybridized carbons (Fsp3) is 0.520. The lowest BCUT2D eigenvalue weighted by molar-refractivity contribution is -0.120. The second-order valence-corrected chi connectivity index (χ2v) is 12.0. The molecule has 1 aliphatic carbocycles. The summed E-state index contributed by atoms with van der Waals surface area (Å²) in [4.78, 5) is 27.4. The smallest absolute Gasteiger partial charge is 0.341 e. The molecule has 9 heteroatoms. The fourth-order valence-electron chi connectivity index (χ4n) is 4.70. The molecule has 1 fully saturated rings. The number of nitrogens with zero attached hydrogens (tertiary/aromatic N) is 1. The SMILES string of the molecule is CCOC(=O)c1c(NC(=O)C2CCCN(S(=O)(=O)c3ccc(C)cc3)C2)sc2c1CCCCC2. The average Bonchev–Trinajstić information content (AvgIpc) is 2.99. The Balaban J connectivity index is 1.53. The summed E-state index contributed by atoms with van der Waals surface area (Å²) >= 11 is 1.46. The van der Waals surface area contributed by atoms with Crippen molar-refractivity contribution >= 4 is 38.2 Å². The second-order valence-electron chi connectivity index (χ2n) is 8.99. The highest BCUT2D eigenvalue weighted by molar-refractivity contribution is 7.89. The number of thiophene rings is 1. The Labute approximate surface area is 205 Å². The highest BCUT2D eigenvalue weighted by atomic mass is 32.2. The molecule has 1 aliphatic heterocycles. The Kier molecular flexibility index (Phi) is 7.74. The van der Waals surface area contributed by atoms with Gasteiger partial charge in [0.2, 0.25) is 15.9 Å². The molecular formula is C25H32N2O5S2. The van der Waals surface area contributed by atoms with Gasteiger partial charge in [0.1, 0.15) is 5.00 Å². The van der Waals surface area contributed by atoms with E-state index in [2.05, 4.69) is 5.32 Å². The van der Waals surface area contributed by atoms with Gasteiger partial charge in [-0.3, -0.25) is 4.79 Å². The molecule has 2 aliphatic rings. The lowest BCUT2D eigenvalue weighted by Crippen LogP contribution is -2.43. The molecule has 1 amide bonds. The Morgan fingerprint density at radius 2 is 1.85 bits per heavy atom. The number of aryl methyl sites for hydroxylation is 2. The van der Waals surface area contributed by atoms with Crippen LogP contribution < -0.4 is 5.32 Å². The van der Waals surface area contributed by atoms with Gasteiger partial charge in [-0.2, -0.15) is 4.31 Å². The largest absolute Gasteiger partial charge is 0.462 e. The van der Waals surface area contributed by atoms with E-state index in [0.29, 0.717) is 30.0 Å². The average molecular weight is 505 g/mol. The Bertz CT molecular complexity index is 1150. The molecule has 4 rings (SSSR count). The first-order valence-electron chi connectivity index (χ1n) is 12.0. The molecule has 2 aromatic rings. The molecule has 0 spiro atoms. The van der Waals surface area contributed by atoms with Crippen molar-refractivity contribution in [2.45, 2.75) is 63.7 Å². The number of anilines is 1. The first kappa shape index (κ1) is 24.9. The van der Waals surface area contributed by atoms with Crippen LogP contribution in [0.3, 0.4) is 0 Å². The topological polar surface area (TPSA) is 92.8 Å². The van der Waals surface area contributed by atoms with Crippen molar-refractivity contribution in [3.8, 4) is 0 Å². The summed E-state index contributed by atoms with van der Waals surface area (Å²) in [6, 6.07) is 6.77. The van der Waals surface area contributed by atoms with Crippen molar-refractivity contribution in [3.63, 3.8) is 0 Å². The predicted molar refractivity (Wildman–Crippen MR) is 133 cm³/mol. The normalized spacial score (nSPS) is 19.2. The number of rotatable bonds is 6. The Morgan fingerprint density at radius 1 is 1.12 bits per heavy atom. The van der Waals surface area contributed by atoms with Gasteiger partial charge in [0.15, 0.2) is 0 Å². The number of esters is 1. The maximum atomic E-state index is 13.3. The van der Waals surface area contributed by atoms with Crippen LogP contribution in [0.4, 0.5) is 5.00 Å². The third-order valence-electron chi connectivity index (χ3n) is 6.55. The van der Waals surface area contributed by atoms with Gasteiger partial charge in [-0.25, -0.2) is 13.2 Å². The molecule has 1 atom stereocenters. The third kappa shape index (κ3) is 5.21. The van der Waals surface area contributed by atoms with Crippen LogP contribution in [-0.4, -0.2) is 44.3 Å². The predicted octanol–water partition coefficient (Wildman–Crippen LogP) is 4.54. The molecular weight excluding hydrogens is 472 g/mol. The van der Waals surface area contributed by atoms with Crippen molar-refractivity contribution in [2.75, 3.05) is 25.0 Å².